The predicted octanol–water partition coefficient (Wildman–Crippen LogP) is 2.44. The molecule has 1 aliphatic heterocycles. The lowest BCUT2D eigenvalue weighted by Crippen LogP contribution is -2.40. The Morgan fingerprint density at radius 3 is 2.61 bits per heavy atom. The fourth-order valence-electron chi connectivity index (χ4n) is 2.38. The molecule has 3 nitrogen and oxygen atoms in total. The first-order valence-corrected chi connectivity index (χ1v) is 6.26. The Labute approximate surface area is 106 Å². The molecule has 1 aliphatic rings. The summed E-state index contributed by atoms with van der Waals surface area (Å²) in [4.78, 5) is 2.23. The van der Waals surface area contributed by atoms with Crippen molar-refractivity contribution in [2.24, 2.45) is 0 Å². The Kier molecular flexibility index (Phi) is 4.01. The maximum Gasteiger partial charge on any atom is 0.151 e. The van der Waals surface area contributed by atoms with Crippen molar-refractivity contribution >= 4 is 11.4 Å². The molecule has 0 amide bonds. The number of likely N-dealkylation sites (N-methyl/N-ethyl adjacent to an activating group) is 1. The molecule has 0 saturated carbocycles. The molecular formula is C13H19F2N3. The molecule has 3 N–H and O–H groups in total. The Balaban J connectivity index is 2.01. The van der Waals surface area contributed by atoms with Crippen molar-refractivity contribution in [3.05, 3.63) is 23.8 Å². The second kappa shape index (κ2) is 5.52. The molecule has 1 fully saturated rings. The molecule has 0 spiro atoms. The number of likely N-dealkylation sites (tertiary alicyclic amines) is 1. The Morgan fingerprint density at radius 2 is 2.00 bits per heavy atom. The number of nitrogens with zero attached hydrogens (tertiary/aromatic N) is 1. The molecular weight excluding hydrogens is 236 g/mol. The van der Waals surface area contributed by atoms with Crippen molar-refractivity contribution in [3.8, 4) is 0 Å². The summed E-state index contributed by atoms with van der Waals surface area (Å²) in [6.07, 6.45) is 3.42. The zero-order valence-electron chi connectivity index (χ0n) is 10.5. The van der Waals surface area contributed by atoms with Gasteiger partial charge in [-0.3, -0.25) is 0 Å². The van der Waals surface area contributed by atoms with Crippen LogP contribution in [0.1, 0.15) is 19.3 Å². The molecule has 2 rings (SSSR count). The number of hydrogen-bond acceptors (Lipinski definition) is 3. The highest BCUT2D eigenvalue weighted by atomic mass is 19.1. The Morgan fingerprint density at radius 1 is 1.33 bits per heavy atom. The lowest BCUT2D eigenvalue weighted by Gasteiger charge is -2.32. The van der Waals surface area contributed by atoms with Gasteiger partial charge in [0.2, 0.25) is 0 Å². The van der Waals surface area contributed by atoms with Crippen LogP contribution in [-0.4, -0.2) is 31.1 Å². The Hall–Kier alpha value is -1.36. The zero-order valence-corrected chi connectivity index (χ0v) is 10.5. The molecule has 5 heteroatoms. The molecule has 0 aromatic heterocycles. The third kappa shape index (κ3) is 2.90. The number of benzene rings is 1. The Bertz CT molecular complexity index is 400. The third-order valence-electron chi connectivity index (χ3n) is 3.50. The van der Waals surface area contributed by atoms with Crippen molar-refractivity contribution < 1.29 is 8.78 Å². The van der Waals surface area contributed by atoms with Gasteiger partial charge in [0, 0.05) is 18.3 Å². The van der Waals surface area contributed by atoms with Gasteiger partial charge in [-0.25, -0.2) is 8.78 Å². The van der Waals surface area contributed by atoms with E-state index in [-0.39, 0.29) is 11.4 Å². The summed E-state index contributed by atoms with van der Waals surface area (Å²) < 4.78 is 27.1. The molecule has 1 atom stereocenters. The number of nitrogens with two attached hydrogens (primary N) is 1. The molecule has 0 bridgehead atoms. The molecule has 1 saturated heterocycles. The average Bonchev–Trinajstić information content (AvgIpc) is 2.30. The SMILES string of the molecule is CN1CCCCC1CNc1c(F)cc(N)cc1F. The maximum atomic E-state index is 13.6. The topological polar surface area (TPSA) is 41.3 Å². The number of nitrogen functional groups attached to an aromatic ring is 1. The highest BCUT2D eigenvalue weighted by Gasteiger charge is 2.19. The zero-order chi connectivity index (χ0) is 13.1. The summed E-state index contributed by atoms with van der Waals surface area (Å²) in [7, 11) is 2.04. The largest absolute Gasteiger partial charge is 0.399 e. The molecule has 0 aliphatic carbocycles. The number of anilines is 2. The molecule has 100 valence electrons. The molecule has 1 aromatic rings. The number of nitrogens with one attached hydrogen (secondary N) is 1. The van der Waals surface area contributed by atoms with Crippen LogP contribution in [0.3, 0.4) is 0 Å². The smallest absolute Gasteiger partial charge is 0.151 e. The molecule has 1 aromatic carbocycles. The number of piperidine rings is 1. The number of rotatable bonds is 3. The minimum Gasteiger partial charge on any atom is -0.399 e. The molecule has 1 heterocycles. The van der Waals surface area contributed by atoms with Gasteiger partial charge < -0.3 is 16.0 Å². The first-order valence-electron chi connectivity index (χ1n) is 6.26. The molecule has 0 radical (unpaired) electrons. The fraction of sp³-hybridized carbons (Fsp3) is 0.538. The second-order valence-electron chi connectivity index (χ2n) is 4.87. The van der Waals surface area contributed by atoms with E-state index in [0.717, 1.165) is 25.1 Å². The third-order valence-corrected chi connectivity index (χ3v) is 3.50. The second-order valence-corrected chi connectivity index (χ2v) is 4.87. The van der Waals surface area contributed by atoms with Gasteiger partial charge in [-0.2, -0.15) is 0 Å². The van der Waals surface area contributed by atoms with Gasteiger partial charge in [-0.05, 0) is 38.6 Å². The van der Waals surface area contributed by atoms with Crippen LogP contribution in [0.4, 0.5) is 20.2 Å². The van der Waals surface area contributed by atoms with Crippen LogP contribution in [-0.2, 0) is 0 Å². The fourth-order valence-corrected chi connectivity index (χ4v) is 2.38. The quantitative estimate of drug-likeness (QED) is 0.815. The van der Waals surface area contributed by atoms with Crippen molar-refractivity contribution in [1.82, 2.24) is 4.90 Å². The summed E-state index contributed by atoms with van der Waals surface area (Å²) in [6, 6.07) is 2.60. The van der Waals surface area contributed by atoms with Gasteiger partial charge in [-0.1, -0.05) is 6.42 Å². The minimum absolute atomic E-state index is 0.0804. The predicted molar refractivity (Wildman–Crippen MR) is 69.5 cm³/mol. The van der Waals surface area contributed by atoms with Gasteiger partial charge in [0.05, 0.1) is 0 Å². The van der Waals surface area contributed by atoms with Crippen LogP contribution in [0.25, 0.3) is 0 Å². The van der Waals surface area contributed by atoms with Crippen LogP contribution in [0.5, 0.6) is 0 Å². The summed E-state index contributed by atoms with van der Waals surface area (Å²) in [6.45, 7) is 1.59. The van der Waals surface area contributed by atoms with Gasteiger partial charge >= 0.3 is 0 Å². The maximum absolute atomic E-state index is 13.6. The van der Waals surface area contributed by atoms with E-state index in [2.05, 4.69) is 10.2 Å². The number of hydrogen-bond donors (Lipinski definition) is 2. The summed E-state index contributed by atoms with van der Waals surface area (Å²) >= 11 is 0. The van der Waals surface area contributed by atoms with E-state index in [1.807, 2.05) is 7.05 Å². The van der Waals surface area contributed by atoms with Gasteiger partial charge in [0.25, 0.3) is 0 Å². The highest BCUT2D eigenvalue weighted by molar-refractivity contribution is 5.54. The van der Waals surface area contributed by atoms with Gasteiger partial charge in [0.1, 0.15) is 5.69 Å². The minimum atomic E-state index is -0.633. The summed E-state index contributed by atoms with van der Waals surface area (Å²) in [5.74, 6) is -1.27. The van der Waals surface area contributed by atoms with Crippen LogP contribution < -0.4 is 11.1 Å². The van der Waals surface area contributed by atoms with E-state index >= 15 is 0 Å². The van der Waals surface area contributed by atoms with Crippen LogP contribution >= 0.6 is 0 Å². The van der Waals surface area contributed by atoms with E-state index in [1.165, 1.54) is 12.8 Å². The van der Waals surface area contributed by atoms with Crippen LogP contribution in [0.2, 0.25) is 0 Å². The summed E-state index contributed by atoms with van der Waals surface area (Å²) in [5.41, 5.74) is 5.40. The highest BCUT2D eigenvalue weighted by Crippen LogP contribution is 2.23. The van der Waals surface area contributed by atoms with Crippen LogP contribution in [0.15, 0.2) is 12.1 Å². The number of halogens is 2. The van der Waals surface area contributed by atoms with E-state index < -0.39 is 11.6 Å². The van der Waals surface area contributed by atoms with E-state index in [9.17, 15) is 8.78 Å². The average molecular weight is 255 g/mol. The van der Waals surface area contributed by atoms with Gasteiger partial charge in [-0.15, -0.1) is 0 Å². The van der Waals surface area contributed by atoms with Gasteiger partial charge in [0.15, 0.2) is 11.6 Å². The summed E-state index contributed by atoms with van der Waals surface area (Å²) in [5, 5.41) is 2.86. The monoisotopic (exact) mass is 255 g/mol. The van der Waals surface area contributed by atoms with E-state index in [0.29, 0.717) is 12.6 Å². The standard InChI is InChI=1S/C13H19F2N3/c1-18-5-3-2-4-10(18)8-17-13-11(14)6-9(16)7-12(13)15/h6-7,10,17H,2-5,8,16H2,1H3. The van der Waals surface area contributed by atoms with E-state index in [4.69, 9.17) is 5.73 Å². The first-order chi connectivity index (χ1) is 8.58. The molecule has 18 heavy (non-hydrogen) atoms. The lowest BCUT2D eigenvalue weighted by molar-refractivity contribution is 0.194. The van der Waals surface area contributed by atoms with Crippen molar-refractivity contribution in [2.45, 2.75) is 25.3 Å². The first kappa shape index (κ1) is 13.1. The molecule has 1 unspecified atom stereocenters. The lowest BCUT2D eigenvalue weighted by atomic mass is 10.0. The normalized spacial score (nSPS) is 20.9. The van der Waals surface area contributed by atoms with Crippen molar-refractivity contribution in [2.75, 3.05) is 31.2 Å². The van der Waals surface area contributed by atoms with Crippen LogP contribution in [0, 0.1) is 11.6 Å². The van der Waals surface area contributed by atoms with E-state index in [1.54, 1.807) is 0 Å². The van der Waals surface area contributed by atoms with Crippen molar-refractivity contribution in [3.63, 3.8) is 0 Å². The van der Waals surface area contributed by atoms with Crippen molar-refractivity contribution in [1.29, 1.82) is 0 Å².